The summed E-state index contributed by atoms with van der Waals surface area (Å²) in [5.41, 5.74) is 0.569. The maximum Gasteiger partial charge on any atom is 0.244 e. The van der Waals surface area contributed by atoms with E-state index in [-0.39, 0.29) is 22.0 Å². The summed E-state index contributed by atoms with van der Waals surface area (Å²) in [7, 11) is -3.94. The average molecular weight is 426 g/mol. The number of halogens is 2. The molecule has 0 saturated heterocycles. The molecule has 1 heterocycles. The molecule has 0 radical (unpaired) electrons. The molecule has 3 aromatic carbocycles. The minimum atomic E-state index is -3.94. The lowest BCUT2D eigenvalue weighted by atomic mass is 10.2. The topological polar surface area (TPSA) is 68.2 Å². The number of carbonyl (C=O) groups is 1. The van der Waals surface area contributed by atoms with Crippen LogP contribution in [-0.2, 0) is 21.2 Å². The van der Waals surface area contributed by atoms with Gasteiger partial charge in [0, 0.05) is 17.1 Å². The van der Waals surface area contributed by atoms with Gasteiger partial charge in [-0.25, -0.2) is 17.2 Å². The predicted octanol–water partition coefficient (Wildman–Crippen LogP) is 4.39. The van der Waals surface area contributed by atoms with Crippen molar-refractivity contribution in [3.05, 3.63) is 90.6 Å². The Kier molecular flexibility index (Phi) is 5.09. The van der Waals surface area contributed by atoms with E-state index in [1.54, 1.807) is 30.3 Å². The molecule has 0 aliphatic carbocycles. The van der Waals surface area contributed by atoms with Crippen LogP contribution < -0.4 is 5.32 Å². The Bertz CT molecular complexity index is 1350. The Morgan fingerprint density at radius 3 is 2.30 bits per heavy atom. The lowest BCUT2D eigenvalue weighted by Crippen LogP contribution is -2.19. The lowest BCUT2D eigenvalue weighted by Gasteiger charge is -2.08. The molecule has 4 rings (SSSR count). The Balaban J connectivity index is 1.71. The van der Waals surface area contributed by atoms with Crippen molar-refractivity contribution in [3.8, 4) is 0 Å². The Hall–Kier alpha value is -3.52. The van der Waals surface area contributed by atoms with Crippen molar-refractivity contribution < 1.29 is 22.0 Å². The fourth-order valence-corrected chi connectivity index (χ4v) is 4.68. The van der Waals surface area contributed by atoms with Crippen molar-refractivity contribution >= 4 is 32.3 Å². The smallest absolute Gasteiger partial charge is 0.244 e. The van der Waals surface area contributed by atoms with Crippen LogP contribution in [0.5, 0.6) is 0 Å². The molecule has 0 bridgehead atoms. The van der Waals surface area contributed by atoms with Gasteiger partial charge in [-0.2, -0.15) is 0 Å². The molecule has 30 heavy (non-hydrogen) atoms. The lowest BCUT2D eigenvalue weighted by molar-refractivity contribution is -0.116. The normalized spacial score (nSPS) is 11.5. The third-order valence-electron chi connectivity index (χ3n) is 4.63. The van der Waals surface area contributed by atoms with Gasteiger partial charge >= 0.3 is 0 Å². The van der Waals surface area contributed by atoms with Crippen LogP contribution in [0.2, 0.25) is 0 Å². The Labute approximate surface area is 171 Å². The summed E-state index contributed by atoms with van der Waals surface area (Å²) in [5.74, 6) is -1.62. The fourth-order valence-electron chi connectivity index (χ4n) is 3.21. The van der Waals surface area contributed by atoms with Crippen LogP contribution in [0.15, 0.2) is 88.8 Å². The first-order chi connectivity index (χ1) is 14.4. The predicted molar refractivity (Wildman–Crippen MR) is 109 cm³/mol. The highest BCUT2D eigenvalue weighted by atomic mass is 32.2. The molecule has 4 aromatic rings. The monoisotopic (exact) mass is 426 g/mol. The number of benzene rings is 3. The van der Waals surface area contributed by atoms with Gasteiger partial charge in [0.05, 0.1) is 15.5 Å². The molecular weight excluding hydrogens is 410 g/mol. The van der Waals surface area contributed by atoms with E-state index < -0.39 is 27.4 Å². The minimum Gasteiger partial charge on any atom is -0.337 e. The molecule has 0 saturated carbocycles. The first kappa shape index (κ1) is 19.8. The number of hydrogen-bond donors (Lipinski definition) is 1. The molecule has 1 aromatic heterocycles. The largest absolute Gasteiger partial charge is 0.337 e. The zero-order chi connectivity index (χ0) is 21.3. The maximum atomic E-state index is 13.8. The minimum absolute atomic E-state index is 0.00315. The summed E-state index contributed by atoms with van der Waals surface area (Å²) < 4.78 is 54.7. The number of rotatable bonds is 5. The van der Waals surface area contributed by atoms with E-state index in [9.17, 15) is 22.0 Å². The number of amides is 1. The third-order valence-corrected chi connectivity index (χ3v) is 6.42. The van der Waals surface area contributed by atoms with Crippen LogP contribution in [0.25, 0.3) is 10.9 Å². The number of carbonyl (C=O) groups excluding carboxylic acids is 1. The number of hydrogen-bond acceptors (Lipinski definition) is 3. The number of nitrogens with zero attached hydrogens (tertiary/aromatic N) is 1. The van der Waals surface area contributed by atoms with Crippen molar-refractivity contribution in [2.45, 2.75) is 16.3 Å². The molecule has 1 amide bonds. The van der Waals surface area contributed by atoms with E-state index in [0.717, 1.165) is 12.1 Å². The summed E-state index contributed by atoms with van der Waals surface area (Å²) in [4.78, 5) is 12.4. The maximum absolute atomic E-state index is 13.8. The number of nitrogens with one attached hydrogen (secondary N) is 1. The quantitative estimate of drug-likeness (QED) is 0.481. The molecule has 0 unspecified atom stereocenters. The van der Waals surface area contributed by atoms with E-state index in [1.807, 2.05) is 0 Å². The molecule has 5 nitrogen and oxygen atoms in total. The first-order valence-corrected chi connectivity index (χ1v) is 10.5. The van der Waals surface area contributed by atoms with Crippen molar-refractivity contribution in [1.29, 1.82) is 0 Å². The summed E-state index contributed by atoms with van der Waals surface area (Å²) in [6.07, 6.45) is 1.37. The van der Waals surface area contributed by atoms with Gasteiger partial charge in [-0.15, -0.1) is 0 Å². The van der Waals surface area contributed by atoms with Gasteiger partial charge in [0.2, 0.25) is 15.7 Å². The SMILES string of the molecule is O=C(Cn1cc(S(=O)(=O)c2ccc(F)cc2)c2ccccc21)Nc1ccccc1F. The van der Waals surface area contributed by atoms with Crippen molar-refractivity contribution in [1.82, 2.24) is 4.57 Å². The van der Waals surface area contributed by atoms with Gasteiger partial charge in [0.1, 0.15) is 18.2 Å². The molecule has 0 aliphatic rings. The molecule has 152 valence electrons. The third kappa shape index (κ3) is 3.69. The molecule has 0 aliphatic heterocycles. The van der Waals surface area contributed by atoms with Gasteiger partial charge < -0.3 is 9.88 Å². The second kappa shape index (κ2) is 7.72. The van der Waals surface area contributed by atoms with Gasteiger partial charge in [0.15, 0.2) is 0 Å². The average Bonchev–Trinajstić information content (AvgIpc) is 3.09. The second-order valence-corrected chi connectivity index (χ2v) is 8.54. The van der Waals surface area contributed by atoms with Gasteiger partial charge in [-0.1, -0.05) is 30.3 Å². The molecule has 8 heteroatoms. The van der Waals surface area contributed by atoms with Crippen LogP contribution in [-0.4, -0.2) is 18.9 Å². The second-order valence-electron chi connectivity index (χ2n) is 6.62. The van der Waals surface area contributed by atoms with Crippen LogP contribution in [0.1, 0.15) is 0 Å². The summed E-state index contributed by atoms with van der Waals surface area (Å²) in [6, 6.07) is 17.1. The molecule has 0 atom stereocenters. The van der Waals surface area contributed by atoms with Crippen LogP contribution in [0.4, 0.5) is 14.5 Å². The number of para-hydroxylation sites is 2. The van der Waals surface area contributed by atoms with E-state index >= 15 is 0 Å². The van der Waals surface area contributed by atoms with Crippen molar-refractivity contribution in [2.24, 2.45) is 0 Å². The van der Waals surface area contributed by atoms with Gasteiger partial charge in [-0.05, 0) is 42.5 Å². The zero-order valence-electron chi connectivity index (χ0n) is 15.5. The summed E-state index contributed by atoms with van der Waals surface area (Å²) in [6.45, 7) is -0.214. The van der Waals surface area contributed by atoms with Gasteiger partial charge in [0.25, 0.3) is 0 Å². The van der Waals surface area contributed by atoms with E-state index in [2.05, 4.69) is 5.32 Å². The Morgan fingerprint density at radius 2 is 1.57 bits per heavy atom. The van der Waals surface area contributed by atoms with Crippen LogP contribution >= 0.6 is 0 Å². The molecule has 1 N–H and O–H groups in total. The molecular formula is C22H16F2N2O3S. The van der Waals surface area contributed by atoms with Crippen LogP contribution in [0, 0.1) is 11.6 Å². The number of anilines is 1. The molecule has 0 fully saturated rings. The first-order valence-electron chi connectivity index (χ1n) is 8.99. The Morgan fingerprint density at radius 1 is 0.900 bits per heavy atom. The summed E-state index contributed by atoms with van der Waals surface area (Å²) >= 11 is 0. The highest BCUT2D eigenvalue weighted by Crippen LogP contribution is 2.30. The standard InChI is InChI=1S/C22H16F2N2O3S/c23-15-9-11-16(12-10-15)30(28,29)21-13-26(20-8-4-1-5-17(20)21)14-22(27)25-19-7-3-2-6-18(19)24/h1-13H,14H2,(H,25,27). The van der Waals surface area contributed by atoms with Crippen molar-refractivity contribution in [3.63, 3.8) is 0 Å². The highest BCUT2D eigenvalue weighted by Gasteiger charge is 2.24. The fraction of sp³-hybridized carbons (Fsp3) is 0.0455. The number of fused-ring (bicyclic) bond motifs is 1. The van der Waals surface area contributed by atoms with E-state index in [1.165, 1.54) is 41.1 Å². The number of sulfone groups is 1. The molecule has 0 spiro atoms. The van der Waals surface area contributed by atoms with Crippen molar-refractivity contribution in [2.75, 3.05) is 5.32 Å². The van der Waals surface area contributed by atoms with E-state index in [4.69, 9.17) is 0 Å². The van der Waals surface area contributed by atoms with E-state index in [0.29, 0.717) is 10.9 Å². The van der Waals surface area contributed by atoms with Crippen LogP contribution in [0.3, 0.4) is 0 Å². The summed E-state index contributed by atoms with van der Waals surface area (Å²) in [5, 5.41) is 2.91. The zero-order valence-corrected chi connectivity index (χ0v) is 16.4. The highest BCUT2D eigenvalue weighted by molar-refractivity contribution is 7.91. The number of aromatic nitrogens is 1. The van der Waals surface area contributed by atoms with Gasteiger partial charge in [-0.3, -0.25) is 4.79 Å².